The molecule has 0 unspecified atom stereocenters. The first-order valence-electron chi connectivity index (χ1n) is 15.2. The monoisotopic (exact) mass is 596 g/mol. The van der Waals surface area contributed by atoms with Gasteiger partial charge in [0.25, 0.3) is 0 Å². The minimum absolute atomic E-state index is 0.123. The van der Waals surface area contributed by atoms with E-state index in [1.54, 1.807) is 12.4 Å². The highest BCUT2D eigenvalue weighted by atomic mass is 28.3. The normalized spacial score (nSPS) is 17.3. The Bertz CT molecular complexity index is 1590. The van der Waals surface area contributed by atoms with E-state index in [0.29, 0.717) is 32.2 Å². The Hall–Kier alpha value is -3.73. The van der Waals surface area contributed by atoms with Gasteiger partial charge in [0.05, 0.1) is 29.4 Å². The Balaban J connectivity index is 1.22. The highest BCUT2D eigenvalue weighted by Gasteiger charge is 2.49. The molecule has 43 heavy (non-hydrogen) atoms. The molecular formula is C33H40N6O3Si. The lowest BCUT2D eigenvalue weighted by molar-refractivity contribution is -0.127. The van der Waals surface area contributed by atoms with Crippen LogP contribution >= 0.6 is 0 Å². The van der Waals surface area contributed by atoms with Gasteiger partial charge in [-0.2, -0.15) is 5.10 Å². The number of piperidine rings is 1. The number of pyridine rings is 2. The predicted octanol–water partition coefficient (Wildman–Crippen LogP) is 5.51. The number of likely N-dealkylation sites (tertiary alicyclic amines) is 1. The number of anilines is 1. The summed E-state index contributed by atoms with van der Waals surface area (Å²) in [5.41, 5.74) is 2.86. The molecule has 4 aromatic rings. The van der Waals surface area contributed by atoms with Crippen LogP contribution < -0.4 is 4.90 Å². The van der Waals surface area contributed by atoms with Crippen LogP contribution in [0.1, 0.15) is 29.6 Å². The van der Waals surface area contributed by atoms with E-state index < -0.39 is 13.5 Å². The van der Waals surface area contributed by atoms with Gasteiger partial charge in [0, 0.05) is 50.1 Å². The molecule has 0 saturated carbocycles. The van der Waals surface area contributed by atoms with Gasteiger partial charge in [-0.05, 0) is 56.6 Å². The maximum atomic E-state index is 14.2. The Labute approximate surface area is 253 Å². The molecule has 0 bridgehead atoms. The van der Waals surface area contributed by atoms with E-state index in [0.717, 1.165) is 66.1 Å². The summed E-state index contributed by atoms with van der Waals surface area (Å²) in [6.07, 6.45) is 7.64. The first kappa shape index (κ1) is 29.3. The molecule has 1 amide bonds. The summed E-state index contributed by atoms with van der Waals surface area (Å²) >= 11 is 0. The predicted molar refractivity (Wildman–Crippen MR) is 171 cm³/mol. The summed E-state index contributed by atoms with van der Waals surface area (Å²) in [5, 5.41) is 5.84. The van der Waals surface area contributed by atoms with Crippen LogP contribution in [0.3, 0.4) is 0 Å². The van der Waals surface area contributed by atoms with E-state index in [9.17, 15) is 9.59 Å². The zero-order valence-electron chi connectivity index (χ0n) is 25.3. The highest BCUT2D eigenvalue weighted by molar-refractivity contribution is 6.76. The summed E-state index contributed by atoms with van der Waals surface area (Å²) in [7, 11) is -1.22. The molecule has 2 aliphatic rings. The Morgan fingerprint density at radius 2 is 1.77 bits per heavy atom. The lowest BCUT2D eigenvalue weighted by Crippen LogP contribution is -2.46. The average Bonchev–Trinajstić information content (AvgIpc) is 3.53. The molecular weight excluding hydrogens is 556 g/mol. The smallest absolute Gasteiger partial charge is 0.234 e. The van der Waals surface area contributed by atoms with Gasteiger partial charge in [0.15, 0.2) is 11.6 Å². The highest BCUT2D eigenvalue weighted by Crippen LogP contribution is 2.44. The largest absolute Gasteiger partial charge is 0.360 e. The molecule has 1 spiro atoms. The van der Waals surface area contributed by atoms with E-state index in [2.05, 4.69) is 29.5 Å². The number of benzene rings is 1. The van der Waals surface area contributed by atoms with Crippen molar-refractivity contribution in [2.75, 3.05) is 37.7 Å². The average molecular weight is 597 g/mol. The Kier molecular flexibility index (Phi) is 8.26. The summed E-state index contributed by atoms with van der Waals surface area (Å²) in [6.45, 7) is 10.5. The number of hydrogen-bond donors (Lipinski definition) is 0. The van der Waals surface area contributed by atoms with Crippen LogP contribution in [0.15, 0.2) is 67.1 Å². The first-order valence-corrected chi connectivity index (χ1v) is 18.9. The fourth-order valence-corrected chi connectivity index (χ4v) is 6.86. The molecule has 10 heteroatoms. The number of aromatic nitrogens is 4. The number of carbonyl (C=O) groups excluding carboxylic acids is 2. The van der Waals surface area contributed by atoms with E-state index in [1.807, 2.05) is 64.3 Å². The maximum absolute atomic E-state index is 14.2. The van der Waals surface area contributed by atoms with Crippen molar-refractivity contribution in [3.63, 3.8) is 0 Å². The molecule has 3 aromatic heterocycles. The lowest BCUT2D eigenvalue weighted by atomic mass is 9.77. The van der Waals surface area contributed by atoms with Crippen molar-refractivity contribution in [2.45, 2.75) is 51.7 Å². The first-order chi connectivity index (χ1) is 20.7. The third kappa shape index (κ3) is 6.32. The van der Waals surface area contributed by atoms with E-state index >= 15 is 0 Å². The third-order valence-corrected chi connectivity index (χ3v) is 10.5. The molecule has 2 fully saturated rings. The van der Waals surface area contributed by atoms with Crippen molar-refractivity contribution in [3.05, 3.63) is 72.7 Å². The van der Waals surface area contributed by atoms with Gasteiger partial charge >= 0.3 is 0 Å². The molecule has 224 valence electrons. The third-order valence-electron chi connectivity index (χ3n) is 8.83. The molecule has 2 aliphatic heterocycles. The molecule has 0 radical (unpaired) electrons. The second kappa shape index (κ2) is 12.1. The Morgan fingerprint density at radius 3 is 2.49 bits per heavy atom. The van der Waals surface area contributed by atoms with Gasteiger partial charge in [-0.3, -0.25) is 29.4 Å². The summed E-state index contributed by atoms with van der Waals surface area (Å²) < 4.78 is 7.91. The number of hydrogen-bond acceptors (Lipinski definition) is 7. The molecule has 6 rings (SSSR count). The van der Waals surface area contributed by atoms with Gasteiger partial charge in [-0.25, -0.2) is 4.68 Å². The van der Waals surface area contributed by atoms with Crippen LogP contribution in [0.5, 0.6) is 0 Å². The topological polar surface area (TPSA) is 93.5 Å². The molecule has 2 saturated heterocycles. The fourth-order valence-electron chi connectivity index (χ4n) is 6.10. The van der Waals surface area contributed by atoms with Crippen LogP contribution in [0.4, 0.5) is 5.82 Å². The quantitative estimate of drug-likeness (QED) is 0.135. The summed E-state index contributed by atoms with van der Waals surface area (Å²) in [6, 6.07) is 16.4. The molecule has 5 heterocycles. The summed E-state index contributed by atoms with van der Waals surface area (Å²) in [5.74, 6) is 0.922. The van der Waals surface area contributed by atoms with Gasteiger partial charge in [-0.1, -0.05) is 50.0 Å². The molecule has 0 N–H and O–H groups in total. The number of ether oxygens (including phenoxy) is 1. The number of carbonyl (C=O) groups is 2. The minimum atomic E-state index is -1.22. The molecule has 0 aliphatic carbocycles. The van der Waals surface area contributed by atoms with Crippen LogP contribution in [0.2, 0.25) is 25.7 Å². The lowest BCUT2D eigenvalue weighted by Gasteiger charge is -2.37. The zero-order chi connectivity index (χ0) is 30.0. The van der Waals surface area contributed by atoms with E-state index in [-0.39, 0.29) is 11.7 Å². The van der Waals surface area contributed by atoms with Crippen molar-refractivity contribution in [3.8, 4) is 11.3 Å². The number of fused-ring (bicyclic) bond motifs is 1. The van der Waals surface area contributed by atoms with Crippen molar-refractivity contribution >= 4 is 36.5 Å². The molecule has 9 nitrogen and oxygen atoms in total. The second-order valence-corrected chi connectivity index (χ2v) is 18.7. The standard InChI is InChI=1S/C33H40N6O3Si/c1-43(2,3)19-18-42-24-39-29-22-35-28(26-10-7-14-34-21-26)20-27(29)31(36-39)38-17-13-33(32(38)41)11-15-37(16-12-33)23-30(40)25-8-5-4-6-9-25/h4-10,14,20-22H,11-13,15-19,23-24H2,1-3H3. The van der Waals surface area contributed by atoms with Crippen molar-refractivity contribution < 1.29 is 14.3 Å². The van der Waals surface area contributed by atoms with Crippen molar-refractivity contribution in [1.29, 1.82) is 0 Å². The van der Waals surface area contributed by atoms with E-state index in [1.165, 1.54) is 0 Å². The Morgan fingerprint density at radius 1 is 1.00 bits per heavy atom. The SMILES string of the molecule is C[Si](C)(C)CCOCn1nc(N2CCC3(CCN(CC(=O)c4ccccc4)CC3)C2=O)c2cc(-c3cccnc3)ncc21. The molecule has 0 atom stereocenters. The maximum Gasteiger partial charge on any atom is 0.234 e. The van der Waals surface area contributed by atoms with Gasteiger partial charge < -0.3 is 4.74 Å². The van der Waals surface area contributed by atoms with Crippen molar-refractivity contribution in [2.24, 2.45) is 5.41 Å². The minimum Gasteiger partial charge on any atom is -0.360 e. The van der Waals surface area contributed by atoms with Crippen LogP contribution in [-0.2, 0) is 16.3 Å². The second-order valence-electron chi connectivity index (χ2n) is 13.1. The zero-order valence-corrected chi connectivity index (χ0v) is 26.3. The number of rotatable bonds is 10. The number of nitrogens with zero attached hydrogens (tertiary/aromatic N) is 6. The number of amides is 1. The van der Waals surface area contributed by atoms with Crippen LogP contribution in [0.25, 0.3) is 22.2 Å². The van der Waals surface area contributed by atoms with Crippen molar-refractivity contribution in [1.82, 2.24) is 24.6 Å². The van der Waals surface area contributed by atoms with E-state index in [4.69, 9.17) is 14.8 Å². The van der Waals surface area contributed by atoms with Gasteiger partial charge in [0.2, 0.25) is 5.91 Å². The van der Waals surface area contributed by atoms with Gasteiger partial charge in [0.1, 0.15) is 6.73 Å². The number of Topliss-reactive ketones (excluding diaryl/α,β-unsaturated/α-hetero) is 1. The molecule has 1 aromatic carbocycles. The fraction of sp³-hybridized carbons (Fsp3) is 0.424. The van der Waals surface area contributed by atoms with Crippen LogP contribution in [0, 0.1) is 5.41 Å². The summed E-state index contributed by atoms with van der Waals surface area (Å²) in [4.78, 5) is 40.0. The van der Waals surface area contributed by atoms with Crippen LogP contribution in [-0.4, -0.2) is 77.2 Å². The van der Waals surface area contributed by atoms with Gasteiger partial charge in [-0.15, -0.1) is 0 Å². The number of ketones is 1.